The Balaban J connectivity index is 2.41. The molecule has 72 valence electrons. The molecule has 1 N–H and O–H groups in total. The lowest BCUT2D eigenvalue weighted by molar-refractivity contribution is 0.106. The minimum Gasteiger partial charge on any atom is -0.771 e. The Morgan fingerprint density at radius 2 is 2.33 bits per heavy atom. The minimum absolute atomic E-state index is 0.0525. The van der Waals surface area contributed by atoms with Crippen molar-refractivity contribution in [3.8, 4) is 0 Å². The van der Waals surface area contributed by atoms with Crippen molar-refractivity contribution in [2.45, 2.75) is 25.3 Å². The van der Waals surface area contributed by atoms with E-state index < -0.39 is 11.1 Å². The summed E-state index contributed by atoms with van der Waals surface area (Å²) in [5.74, 6) is 0.0607. The molecular weight excluding hydrogens is 178 g/mol. The molecule has 1 fully saturated rings. The molecular formula is C7H14NO3S-. The molecule has 1 saturated heterocycles. The van der Waals surface area contributed by atoms with Gasteiger partial charge in [0.25, 0.3) is 0 Å². The van der Waals surface area contributed by atoms with E-state index in [9.17, 15) is 8.76 Å². The Labute approximate surface area is 74.9 Å². The van der Waals surface area contributed by atoms with Gasteiger partial charge in [0, 0.05) is 6.04 Å². The van der Waals surface area contributed by atoms with Gasteiger partial charge in [-0.2, -0.15) is 0 Å². The first-order chi connectivity index (χ1) is 5.74. The van der Waals surface area contributed by atoms with Gasteiger partial charge in [0.2, 0.25) is 0 Å². The number of rotatable bonds is 3. The maximum atomic E-state index is 10.4. The van der Waals surface area contributed by atoms with Crippen LogP contribution in [0.4, 0.5) is 0 Å². The molecule has 0 aromatic rings. The molecule has 0 aliphatic carbocycles. The molecule has 2 atom stereocenters. The van der Waals surface area contributed by atoms with E-state index in [0.717, 1.165) is 25.8 Å². The van der Waals surface area contributed by atoms with Crippen LogP contribution in [0.25, 0.3) is 0 Å². The number of hydrogen-bond donors (Lipinski definition) is 1. The summed E-state index contributed by atoms with van der Waals surface area (Å²) in [6.07, 6.45) is 3.04. The van der Waals surface area contributed by atoms with Crippen LogP contribution in [0.1, 0.15) is 19.3 Å². The molecule has 12 heavy (non-hydrogen) atoms. The third kappa shape index (κ3) is 2.82. The Kier molecular flexibility index (Phi) is 4.14. The largest absolute Gasteiger partial charge is 0.771 e. The van der Waals surface area contributed by atoms with Gasteiger partial charge in [0.05, 0.1) is 12.5 Å². The van der Waals surface area contributed by atoms with Crippen molar-refractivity contribution >= 4 is 11.1 Å². The maximum absolute atomic E-state index is 10.4. The highest BCUT2D eigenvalue weighted by Crippen LogP contribution is 2.16. The topological polar surface area (TPSA) is 63.6 Å². The van der Waals surface area contributed by atoms with Crippen LogP contribution in [-0.2, 0) is 11.1 Å². The van der Waals surface area contributed by atoms with Gasteiger partial charge in [-0.05, 0) is 30.5 Å². The summed E-state index contributed by atoms with van der Waals surface area (Å²) in [7, 11) is 0. The fraction of sp³-hybridized carbons (Fsp3) is 1.00. The van der Waals surface area contributed by atoms with E-state index in [0.29, 0.717) is 0 Å². The molecule has 0 aromatic heterocycles. The van der Waals surface area contributed by atoms with Gasteiger partial charge in [-0.1, -0.05) is 6.42 Å². The van der Waals surface area contributed by atoms with Crippen LogP contribution in [0.3, 0.4) is 0 Å². The van der Waals surface area contributed by atoms with Crippen molar-refractivity contribution in [3.63, 3.8) is 0 Å². The molecule has 0 amide bonds. The lowest BCUT2D eigenvalue weighted by atomic mass is 10.0. The van der Waals surface area contributed by atoms with Crippen LogP contribution in [0.15, 0.2) is 0 Å². The summed E-state index contributed by atoms with van der Waals surface area (Å²) in [5, 5.41) is 8.93. The molecule has 0 aromatic carbocycles. The summed E-state index contributed by atoms with van der Waals surface area (Å²) >= 11 is -2.02. The molecule has 5 heteroatoms. The fourth-order valence-corrected chi connectivity index (χ4v) is 2.18. The highest BCUT2D eigenvalue weighted by Gasteiger charge is 2.20. The Morgan fingerprint density at radius 1 is 1.58 bits per heavy atom. The standard InChI is InChI=1S/C7H15NO3S/c9-5-7-3-1-2-4-8(7)6-12(10)11/h7,9H,1-6H2,(H,10,11)/p-1. The fourth-order valence-electron chi connectivity index (χ4n) is 1.57. The Bertz CT molecular complexity index is 165. The van der Waals surface area contributed by atoms with Crippen LogP contribution in [-0.4, -0.2) is 43.8 Å². The lowest BCUT2D eigenvalue weighted by Crippen LogP contribution is -2.43. The van der Waals surface area contributed by atoms with Crippen LogP contribution in [0.5, 0.6) is 0 Å². The zero-order chi connectivity index (χ0) is 8.97. The average Bonchev–Trinajstić information content (AvgIpc) is 2.04. The molecule has 4 nitrogen and oxygen atoms in total. The molecule has 0 spiro atoms. The van der Waals surface area contributed by atoms with Crippen molar-refractivity contribution in [1.82, 2.24) is 4.90 Å². The monoisotopic (exact) mass is 192 g/mol. The highest BCUT2D eigenvalue weighted by molar-refractivity contribution is 7.79. The molecule has 1 aliphatic heterocycles. The van der Waals surface area contributed by atoms with Crippen LogP contribution < -0.4 is 0 Å². The number of hydrogen-bond acceptors (Lipinski definition) is 4. The van der Waals surface area contributed by atoms with Gasteiger partial charge in [-0.3, -0.25) is 9.11 Å². The zero-order valence-electron chi connectivity index (χ0n) is 6.94. The van der Waals surface area contributed by atoms with E-state index in [1.165, 1.54) is 0 Å². The zero-order valence-corrected chi connectivity index (χ0v) is 7.76. The number of likely N-dealkylation sites (tertiary alicyclic amines) is 1. The molecule has 1 heterocycles. The SMILES string of the molecule is O=S([O-])CN1CCCCC1CO. The van der Waals surface area contributed by atoms with Crippen molar-refractivity contribution in [1.29, 1.82) is 0 Å². The number of piperidine rings is 1. The smallest absolute Gasteiger partial charge is 0.0616 e. The van der Waals surface area contributed by atoms with E-state index in [1.54, 1.807) is 0 Å². The summed E-state index contributed by atoms with van der Waals surface area (Å²) in [5.41, 5.74) is 0. The summed E-state index contributed by atoms with van der Waals surface area (Å²) in [6.45, 7) is 0.858. The van der Waals surface area contributed by atoms with Crippen LogP contribution in [0, 0.1) is 0 Å². The molecule has 1 aliphatic rings. The first kappa shape index (κ1) is 10.1. The Morgan fingerprint density at radius 3 is 2.92 bits per heavy atom. The molecule has 0 saturated carbocycles. The quantitative estimate of drug-likeness (QED) is 0.622. The van der Waals surface area contributed by atoms with Gasteiger partial charge >= 0.3 is 0 Å². The normalized spacial score (nSPS) is 28.7. The van der Waals surface area contributed by atoms with Crippen molar-refractivity contribution < 1.29 is 13.9 Å². The number of aliphatic hydroxyl groups excluding tert-OH is 1. The van der Waals surface area contributed by atoms with Crippen LogP contribution in [0.2, 0.25) is 0 Å². The van der Waals surface area contributed by atoms with Crippen LogP contribution >= 0.6 is 0 Å². The van der Waals surface area contributed by atoms with Gasteiger partial charge in [0.1, 0.15) is 0 Å². The van der Waals surface area contributed by atoms with Gasteiger partial charge < -0.3 is 9.66 Å². The second kappa shape index (κ2) is 4.91. The maximum Gasteiger partial charge on any atom is 0.0616 e. The third-order valence-corrected chi connectivity index (χ3v) is 2.77. The lowest BCUT2D eigenvalue weighted by Gasteiger charge is -2.34. The van der Waals surface area contributed by atoms with Crippen molar-refractivity contribution in [2.75, 3.05) is 19.0 Å². The van der Waals surface area contributed by atoms with Gasteiger partial charge in [0.15, 0.2) is 0 Å². The van der Waals surface area contributed by atoms with Gasteiger partial charge in [-0.15, -0.1) is 0 Å². The molecule has 0 bridgehead atoms. The predicted molar refractivity (Wildman–Crippen MR) is 45.2 cm³/mol. The summed E-state index contributed by atoms with van der Waals surface area (Å²) < 4.78 is 20.8. The summed E-state index contributed by atoms with van der Waals surface area (Å²) in [4.78, 5) is 1.83. The molecule has 0 radical (unpaired) electrons. The van der Waals surface area contributed by atoms with E-state index >= 15 is 0 Å². The first-order valence-electron chi connectivity index (χ1n) is 4.15. The van der Waals surface area contributed by atoms with Crippen molar-refractivity contribution in [2.24, 2.45) is 0 Å². The van der Waals surface area contributed by atoms with Gasteiger partial charge in [-0.25, -0.2) is 0 Å². The van der Waals surface area contributed by atoms with E-state index in [1.807, 2.05) is 4.90 Å². The number of nitrogens with zero attached hydrogens (tertiary/aromatic N) is 1. The number of aliphatic hydroxyl groups is 1. The first-order valence-corrected chi connectivity index (χ1v) is 5.39. The third-order valence-electron chi connectivity index (χ3n) is 2.23. The predicted octanol–water partition coefficient (Wildman–Crippen LogP) is -0.330. The second-order valence-corrected chi connectivity index (χ2v) is 3.94. The minimum atomic E-state index is -2.02. The van der Waals surface area contributed by atoms with E-state index in [4.69, 9.17) is 5.11 Å². The average molecular weight is 192 g/mol. The molecule has 1 rings (SSSR count). The van der Waals surface area contributed by atoms with E-state index in [2.05, 4.69) is 0 Å². The Hall–Kier alpha value is 0.0300. The highest BCUT2D eigenvalue weighted by atomic mass is 32.2. The molecule has 2 unspecified atom stereocenters. The second-order valence-electron chi connectivity index (χ2n) is 3.08. The van der Waals surface area contributed by atoms with E-state index in [-0.39, 0.29) is 18.5 Å². The summed E-state index contributed by atoms with van der Waals surface area (Å²) in [6, 6.07) is 0.0525. The van der Waals surface area contributed by atoms with Crippen molar-refractivity contribution in [3.05, 3.63) is 0 Å².